The Morgan fingerprint density at radius 2 is 2.11 bits per heavy atom. The molecule has 0 radical (unpaired) electrons. The number of aromatic nitrogens is 2. The van der Waals surface area contributed by atoms with Gasteiger partial charge in [0.1, 0.15) is 0 Å². The lowest BCUT2D eigenvalue weighted by molar-refractivity contribution is -0.121. The van der Waals surface area contributed by atoms with Crippen molar-refractivity contribution in [1.82, 2.24) is 19.8 Å². The highest BCUT2D eigenvalue weighted by Gasteiger charge is 2.20. The topological polar surface area (TPSA) is 67.2 Å². The summed E-state index contributed by atoms with van der Waals surface area (Å²) in [6, 6.07) is 5.77. The van der Waals surface area contributed by atoms with Crippen molar-refractivity contribution in [2.75, 3.05) is 19.6 Å². The van der Waals surface area contributed by atoms with E-state index in [1.807, 2.05) is 6.07 Å². The molecule has 1 N–H and O–H groups in total. The van der Waals surface area contributed by atoms with Crippen molar-refractivity contribution >= 4 is 32.7 Å². The second kappa shape index (κ2) is 8.97. The van der Waals surface area contributed by atoms with Gasteiger partial charge < -0.3 is 5.32 Å². The average Bonchev–Trinajstić information content (AvgIpc) is 2.66. The number of aryl methyl sites for hydroxylation is 1. The van der Waals surface area contributed by atoms with Gasteiger partial charge in [-0.25, -0.2) is 4.98 Å². The van der Waals surface area contributed by atoms with E-state index in [0.29, 0.717) is 30.0 Å². The fourth-order valence-corrected chi connectivity index (χ4v) is 3.82. The minimum atomic E-state index is -0.120. The molecular formula is C20H27BrN4O2. The van der Waals surface area contributed by atoms with Gasteiger partial charge in [0, 0.05) is 30.0 Å². The Balaban J connectivity index is 1.51. The maximum Gasteiger partial charge on any atom is 0.261 e. The number of nitrogens with one attached hydrogen (secondary N) is 1. The normalized spacial score (nSPS) is 17.1. The third kappa shape index (κ3) is 5.17. The van der Waals surface area contributed by atoms with Gasteiger partial charge >= 0.3 is 0 Å². The summed E-state index contributed by atoms with van der Waals surface area (Å²) >= 11 is 3.38. The Morgan fingerprint density at radius 3 is 2.85 bits per heavy atom. The minimum absolute atomic E-state index is 0.0338. The van der Waals surface area contributed by atoms with Crippen molar-refractivity contribution < 1.29 is 4.79 Å². The van der Waals surface area contributed by atoms with Crippen LogP contribution in [0.25, 0.3) is 10.9 Å². The molecule has 1 saturated heterocycles. The number of piperidine rings is 1. The van der Waals surface area contributed by atoms with Crippen molar-refractivity contribution in [2.24, 2.45) is 5.92 Å². The number of rotatable bonds is 6. The molecule has 1 atom stereocenters. The van der Waals surface area contributed by atoms with Gasteiger partial charge in [0.2, 0.25) is 5.91 Å². The van der Waals surface area contributed by atoms with E-state index in [1.54, 1.807) is 12.1 Å². The maximum atomic E-state index is 12.6. The van der Waals surface area contributed by atoms with Crippen molar-refractivity contribution in [3.8, 4) is 0 Å². The number of nitrogens with zero attached hydrogens (tertiary/aromatic N) is 3. The molecule has 1 aromatic heterocycles. The van der Waals surface area contributed by atoms with E-state index >= 15 is 0 Å². The number of fused-ring (bicyclic) bond motifs is 1. The molecule has 3 rings (SSSR count). The number of carbonyl (C=O) groups excluding carboxylic acids is 1. The highest BCUT2D eigenvalue weighted by atomic mass is 79.9. The predicted molar refractivity (Wildman–Crippen MR) is 111 cm³/mol. The highest BCUT2D eigenvalue weighted by molar-refractivity contribution is 9.10. The fourth-order valence-electron chi connectivity index (χ4n) is 3.46. The van der Waals surface area contributed by atoms with Gasteiger partial charge in [-0.3, -0.25) is 19.1 Å². The zero-order valence-corrected chi connectivity index (χ0v) is 17.5. The Bertz CT molecular complexity index is 859. The average molecular weight is 435 g/mol. The van der Waals surface area contributed by atoms with E-state index in [2.05, 4.69) is 45.0 Å². The lowest BCUT2D eigenvalue weighted by Crippen LogP contribution is -2.45. The largest absolute Gasteiger partial charge is 0.354 e. The molecule has 0 spiro atoms. The van der Waals surface area contributed by atoms with Crippen molar-refractivity contribution in [3.63, 3.8) is 0 Å². The van der Waals surface area contributed by atoms with Crippen LogP contribution in [0, 0.1) is 5.92 Å². The van der Waals surface area contributed by atoms with Crippen molar-refractivity contribution in [3.05, 3.63) is 39.4 Å². The summed E-state index contributed by atoms with van der Waals surface area (Å²) in [4.78, 5) is 31.5. The standard InChI is InChI=1S/C20H27BrN4O2/c1-14-5-8-24(9-6-14)15(2)12-22-19(26)7-10-25-13-23-18-4-3-16(21)11-17(18)20(25)27/h3-4,11,13-15H,5-10,12H2,1-2H3,(H,22,26). The quantitative estimate of drug-likeness (QED) is 0.758. The first-order chi connectivity index (χ1) is 12.9. The monoisotopic (exact) mass is 434 g/mol. The third-order valence-corrected chi connectivity index (χ3v) is 5.90. The molecule has 1 aromatic carbocycles. The van der Waals surface area contributed by atoms with Crippen LogP contribution in [0.4, 0.5) is 0 Å². The molecule has 1 amide bonds. The van der Waals surface area contributed by atoms with Crippen LogP contribution in [0.15, 0.2) is 33.8 Å². The molecule has 27 heavy (non-hydrogen) atoms. The van der Waals surface area contributed by atoms with Gasteiger partial charge in [-0.15, -0.1) is 0 Å². The third-order valence-electron chi connectivity index (χ3n) is 5.40. The molecule has 1 aliphatic heterocycles. The summed E-state index contributed by atoms with van der Waals surface area (Å²) in [6.45, 7) is 7.64. The number of carbonyl (C=O) groups is 1. The summed E-state index contributed by atoms with van der Waals surface area (Å²) < 4.78 is 2.34. The molecule has 0 aliphatic carbocycles. The second-order valence-corrected chi connectivity index (χ2v) is 8.44. The molecule has 1 aliphatic rings. The highest BCUT2D eigenvalue weighted by Crippen LogP contribution is 2.17. The maximum absolute atomic E-state index is 12.6. The van der Waals surface area contributed by atoms with E-state index in [-0.39, 0.29) is 17.9 Å². The van der Waals surface area contributed by atoms with E-state index < -0.39 is 0 Å². The molecule has 0 bridgehead atoms. The number of likely N-dealkylation sites (tertiary alicyclic amines) is 1. The van der Waals surface area contributed by atoms with E-state index in [0.717, 1.165) is 23.5 Å². The van der Waals surface area contributed by atoms with Gasteiger partial charge in [-0.2, -0.15) is 0 Å². The van der Waals surface area contributed by atoms with Crippen LogP contribution in [0.2, 0.25) is 0 Å². The van der Waals surface area contributed by atoms with Gasteiger partial charge in [-0.05, 0) is 57.0 Å². The molecule has 6 nitrogen and oxygen atoms in total. The number of halogens is 1. The van der Waals surface area contributed by atoms with Gasteiger partial charge in [0.05, 0.1) is 17.2 Å². The molecule has 0 saturated carbocycles. The van der Waals surface area contributed by atoms with Gasteiger partial charge in [-0.1, -0.05) is 22.9 Å². The number of amides is 1. The lowest BCUT2D eigenvalue weighted by atomic mass is 9.98. The zero-order valence-electron chi connectivity index (χ0n) is 15.9. The van der Waals surface area contributed by atoms with Crippen LogP contribution in [0.1, 0.15) is 33.1 Å². The summed E-state index contributed by atoms with van der Waals surface area (Å²) in [5.41, 5.74) is 0.540. The molecule has 146 valence electrons. The predicted octanol–water partition coefficient (Wildman–Crippen LogP) is 2.79. The number of hydrogen-bond acceptors (Lipinski definition) is 4. The Kier molecular flexibility index (Phi) is 6.65. The van der Waals surface area contributed by atoms with Crippen LogP contribution in [-0.4, -0.2) is 46.0 Å². The number of hydrogen-bond donors (Lipinski definition) is 1. The Morgan fingerprint density at radius 1 is 1.37 bits per heavy atom. The second-order valence-electron chi connectivity index (χ2n) is 7.53. The molecule has 7 heteroatoms. The van der Waals surface area contributed by atoms with Crippen LogP contribution >= 0.6 is 15.9 Å². The minimum Gasteiger partial charge on any atom is -0.354 e. The van der Waals surface area contributed by atoms with Crippen LogP contribution in [-0.2, 0) is 11.3 Å². The van der Waals surface area contributed by atoms with E-state index in [9.17, 15) is 9.59 Å². The first-order valence-electron chi connectivity index (χ1n) is 9.59. The van der Waals surface area contributed by atoms with Crippen LogP contribution in [0.5, 0.6) is 0 Å². The Labute approximate surface area is 168 Å². The fraction of sp³-hybridized carbons (Fsp3) is 0.550. The summed E-state index contributed by atoms with van der Waals surface area (Å²) in [7, 11) is 0. The molecule has 2 heterocycles. The van der Waals surface area contributed by atoms with Gasteiger partial charge in [0.15, 0.2) is 0 Å². The molecule has 1 fully saturated rings. The zero-order chi connectivity index (χ0) is 19.4. The summed E-state index contributed by atoms with van der Waals surface area (Å²) in [5.74, 6) is 0.769. The molecular weight excluding hydrogens is 408 g/mol. The van der Waals surface area contributed by atoms with Gasteiger partial charge in [0.25, 0.3) is 5.56 Å². The first-order valence-corrected chi connectivity index (χ1v) is 10.4. The van der Waals surface area contributed by atoms with Crippen molar-refractivity contribution in [1.29, 1.82) is 0 Å². The van der Waals surface area contributed by atoms with Crippen LogP contribution in [0.3, 0.4) is 0 Å². The smallest absolute Gasteiger partial charge is 0.261 e. The molecule has 1 unspecified atom stereocenters. The summed E-state index contributed by atoms with van der Waals surface area (Å²) in [6.07, 6.45) is 4.24. The first kappa shape index (κ1) is 20.0. The van der Waals surface area contributed by atoms with E-state index in [4.69, 9.17) is 0 Å². The summed E-state index contributed by atoms with van der Waals surface area (Å²) in [5, 5.41) is 3.56. The van der Waals surface area contributed by atoms with Crippen molar-refractivity contribution in [2.45, 2.75) is 45.7 Å². The Hall–Kier alpha value is -1.73. The molecule has 2 aromatic rings. The van der Waals surface area contributed by atoms with Crippen LogP contribution < -0.4 is 10.9 Å². The number of benzene rings is 1. The van der Waals surface area contributed by atoms with E-state index in [1.165, 1.54) is 23.7 Å². The SMILES string of the molecule is CC1CCN(C(C)CNC(=O)CCn2cnc3ccc(Br)cc3c2=O)CC1. The lowest BCUT2D eigenvalue weighted by Gasteiger charge is -2.35.